The van der Waals surface area contributed by atoms with Crippen LogP contribution in [-0.4, -0.2) is 43.2 Å². The van der Waals surface area contributed by atoms with E-state index in [-0.39, 0.29) is 11.7 Å². The fraction of sp³-hybridized carbons (Fsp3) is 0.250. The van der Waals surface area contributed by atoms with Crippen molar-refractivity contribution in [2.45, 2.75) is 12.1 Å². The van der Waals surface area contributed by atoms with E-state index in [0.29, 0.717) is 28.2 Å². The second-order valence-corrected chi connectivity index (χ2v) is 6.89. The maximum Gasteiger partial charge on any atom is 0.277 e. The van der Waals surface area contributed by atoms with Crippen LogP contribution in [0, 0.1) is 6.92 Å². The van der Waals surface area contributed by atoms with Gasteiger partial charge in [0.05, 0.1) is 27.1 Å². The predicted octanol–water partition coefficient (Wildman–Crippen LogP) is 3.80. The maximum atomic E-state index is 12.2. The Balaban J connectivity index is 1.61. The fourth-order valence-corrected chi connectivity index (χ4v) is 3.13. The topological polar surface area (TPSA) is 95.7 Å². The quantitative estimate of drug-likeness (QED) is 0.555. The standard InChI is InChI=1S/C20H21N3O5S/c1-12-9-14(25-2)6-7-15(12)21-18(24)11-29-20-23-22-19(28-20)13-5-8-16(26-3)17(10-13)27-4/h5-10H,11H2,1-4H3,(H,21,24). The molecule has 1 heterocycles. The number of rotatable bonds is 8. The number of amides is 1. The van der Waals surface area contributed by atoms with Crippen LogP contribution in [0.15, 0.2) is 46.0 Å². The summed E-state index contributed by atoms with van der Waals surface area (Å²) in [4.78, 5) is 12.2. The van der Waals surface area contributed by atoms with Crippen LogP contribution in [0.4, 0.5) is 5.69 Å². The van der Waals surface area contributed by atoms with Crippen LogP contribution >= 0.6 is 11.8 Å². The highest BCUT2D eigenvalue weighted by molar-refractivity contribution is 7.99. The van der Waals surface area contributed by atoms with Gasteiger partial charge in [-0.05, 0) is 48.9 Å². The number of hydrogen-bond donors (Lipinski definition) is 1. The van der Waals surface area contributed by atoms with Gasteiger partial charge in [0.2, 0.25) is 11.8 Å². The summed E-state index contributed by atoms with van der Waals surface area (Å²) in [6.07, 6.45) is 0. The lowest BCUT2D eigenvalue weighted by molar-refractivity contribution is -0.113. The number of aryl methyl sites for hydroxylation is 1. The second kappa shape index (κ2) is 9.33. The van der Waals surface area contributed by atoms with Crippen molar-refractivity contribution in [1.29, 1.82) is 0 Å². The summed E-state index contributed by atoms with van der Waals surface area (Å²) >= 11 is 1.16. The first-order valence-corrected chi connectivity index (χ1v) is 9.65. The third-order valence-corrected chi connectivity index (χ3v) is 4.89. The predicted molar refractivity (Wildman–Crippen MR) is 110 cm³/mol. The molecule has 0 aliphatic carbocycles. The van der Waals surface area contributed by atoms with E-state index in [4.69, 9.17) is 18.6 Å². The van der Waals surface area contributed by atoms with Crippen LogP contribution in [0.3, 0.4) is 0 Å². The molecule has 0 aliphatic rings. The monoisotopic (exact) mass is 415 g/mol. The third-order valence-electron chi connectivity index (χ3n) is 4.07. The van der Waals surface area contributed by atoms with E-state index in [2.05, 4.69) is 15.5 Å². The van der Waals surface area contributed by atoms with E-state index in [1.165, 1.54) is 0 Å². The van der Waals surface area contributed by atoms with E-state index < -0.39 is 0 Å². The van der Waals surface area contributed by atoms with Crippen molar-refractivity contribution >= 4 is 23.4 Å². The lowest BCUT2D eigenvalue weighted by Crippen LogP contribution is -2.14. The van der Waals surface area contributed by atoms with Crippen LogP contribution in [-0.2, 0) is 4.79 Å². The highest BCUT2D eigenvalue weighted by atomic mass is 32.2. The maximum absolute atomic E-state index is 12.2. The van der Waals surface area contributed by atoms with Gasteiger partial charge >= 0.3 is 0 Å². The van der Waals surface area contributed by atoms with Gasteiger partial charge in [0.25, 0.3) is 5.22 Å². The Hall–Kier alpha value is -3.20. The van der Waals surface area contributed by atoms with Crippen LogP contribution in [0.5, 0.6) is 17.2 Å². The molecule has 1 N–H and O–H groups in total. The lowest BCUT2D eigenvalue weighted by Gasteiger charge is -2.09. The molecule has 3 aromatic rings. The van der Waals surface area contributed by atoms with Crippen LogP contribution in [0.1, 0.15) is 5.56 Å². The lowest BCUT2D eigenvalue weighted by atomic mass is 10.2. The highest BCUT2D eigenvalue weighted by Gasteiger charge is 2.14. The summed E-state index contributed by atoms with van der Waals surface area (Å²) in [6, 6.07) is 10.8. The summed E-state index contributed by atoms with van der Waals surface area (Å²) in [6.45, 7) is 1.90. The number of benzene rings is 2. The van der Waals surface area contributed by atoms with Gasteiger partial charge in [-0.25, -0.2) is 0 Å². The minimum atomic E-state index is -0.172. The van der Waals surface area contributed by atoms with Gasteiger partial charge in [-0.2, -0.15) is 0 Å². The molecule has 0 aliphatic heterocycles. The zero-order valence-electron chi connectivity index (χ0n) is 16.5. The Labute approximate surface area is 172 Å². The summed E-state index contributed by atoms with van der Waals surface area (Å²) in [7, 11) is 4.72. The van der Waals surface area contributed by atoms with Crippen molar-refractivity contribution < 1.29 is 23.4 Å². The molecule has 152 valence electrons. The second-order valence-electron chi connectivity index (χ2n) is 5.96. The average Bonchev–Trinajstić information content (AvgIpc) is 3.22. The Kier molecular flexibility index (Phi) is 6.61. The summed E-state index contributed by atoms with van der Waals surface area (Å²) in [5, 5.41) is 11.2. The van der Waals surface area contributed by atoms with Gasteiger partial charge in [-0.15, -0.1) is 10.2 Å². The van der Waals surface area contributed by atoms with E-state index in [9.17, 15) is 4.79 Å². The molecular weight excluding hydrogens is 394 g/mol. The van der Waals surface area contributed by atoms with Crippen molar-refractivity contribution in [3.05, 3.63) is 42.0 Å². The molecule has 29 heavy (non-hydrogen) atoms. The van der Waals surface area contributed by atoms with Gasteiger partial charge < -0.3 is 23.9 Å². The van der Waals surface area contributed by atoms with Crippen LogP contribution < -0.4 is 19.5 Å². The minimum Gasteiger partial charge on any atom is -0.497 e. The first-order chi connectivity index (χ1) is 14.0. The number of nitrogens with one attached hydrogen (secondary N) is 1. The SMILES string of the molecule is COc1ccc(NC(=O)CSc2nnc(-c3ccc(OC)c(OC)c3)o2)c(C)c1. The highest BCUT2D eigenvalue weighted by Crippen LogP contribution is 2.32. The molecule has 0 fully saturated rings. The smallest absolute Gasteiger partial charge is 0.277 e. The molecule has 0 spiro atoms. The van der Waals surface area contributed by atoms with Gasteiger partial charge in [-0.1, -0.05) is 11.8 Å². The Bertz CT molecular complexity index is 1010. The van der Waals surface area contributed by atoms with E-state index in [1.54, 1.807) is 51.7 Å². The van der Waals surface area contributed by atoms with Gasteiger partial charge in [0, 0.05) is 11.3 Å². The number of hydrogen-bond acceptors (Lipinski definition) is 8. The molecule has 0 unspecified atom stereocenters. The molecule has 1 aromatic heterocycles. The Morgan fingerprint density at radius 3 is 2.52 bits per heavy atom. The van der Waals surface area contributed by atoms with E-state index in [1.807, 2.05) is 13.0 Å². The van der Waals surface area contributed by atoms with Crippen LogP contribution in [0.25, 0.3) is 11.5 Å². The first-order valence-electron chi connectivity index (χ1n) is 8.67. The number of thioether (sulfide) groups is 1. The molecule has 0 saturated heterocycles. The summed E-state index contributed by atoms with van der Waals surface area (Å²) in [5.41, 5.74) is 2.34. The van der Waals surface area contributed by atoms with Gasteiger partial charge in [0.15, 0.2) is 11.5 Å². The van der Waals surface area contributed by atoms with Crippen molar-refractivity contribution in [3.8, 4) is 28.7 Å². The van der Waals surface area contributed by atoms with Gasteiger partial charge in [-0.3, -0.25) is 4.79 Å². The zero-order valence-corrected chi connectivity index (χ0v) is 17.3. The number of methoxy groups -OCH3 is 3. The molecule has 0 saturated carbocycles. The van der Waals surface area contributed by atoms with E-state index in [0.717, 1.165) is 28.8 Å². The summed E-state index contributed by atoms with van der Waals surface area (Å²) < 4.78 is 21.3. The number of anilines is 1. The molecular formula is C20H21N3O5S. The number of aromatic nitrogens is 2. The molecule has 0 radical (unpaired) electrons. The van der Waals surface area contributed by atoms with E-state index >= 15 is 0 Å². The molecule has 2 aromatic carbocycles. The number of carbonyl (C=O) groups excluding carboxylic acids is 1. The van der Waals surface area contributed by atoms with Crippen molar-refractivity contribution in [3.63, 3.8) is 0 Å². The molecule has 1 amide bonds. The molecule has 9 heteroatoms. The third kappa shape index (κ3) is 5.00. The normalized spacial score (nSPS) is 10.5. The Morgan fingerprint density at radius 1 is 1.03 bits per heavy atom. The first kappa shape index (κ1) is 20.5. The number of ether oxygens (including phenoxy) is 3. The van der Waals surface area contributed by atoms with Crippen molar-refractivity contribution in [2.75, 3.05) is 32.4 Å². The van der Waals surface area contributed by atoms with Crippen molar-refractivity contribution in [2.24, 2.45) is 0 Å². The Morgan fingerprint density at radius 2 is 1.83 bits per heavy atom. The van der Waals surface area contributed by atoms with Crippen molar-refractivity contribution in [1.82, 2.24) is 10.2 Å². The molecule has 8 nitrogen and oxygen atoms in total. The van der Waals surface area contributed by atoms with Crippen LogP contribution in [0.2, 0.25) is 0 Å². The fourth-order valence-electron chi connectivity index (χ4n) is 2.57. The van der Waals surface area contributed by atoms with Gasteiger partial charge in [0.1, 0.15) is 5.75 Å². The molecule has 0 bridgehead atoms. The number of nitrogens with zero attached hydrogens (tertiary/aromatic N) is 2. The number of carbonyl (C=O) groups is 1. The average molecular weight is 415 g/mol. The minimum absolute atomic E-state index is 0.138. The molecule has 3 rings (SSSR count). The summed E-state index contributed by atoms with van der Waals surface area (Å²) in [5.74, 6) is 2.21. The zero-order chi connectivity index (χ0) is 20.8. The molecule has 0 atom stereocenters. The largest absolute Gasteiger partial charge is 0.497 e.